The van der Waals surface area contributed by atoms with E-state index < -0.39 is 11.4 Å². The Morgan fingerprint density at radius 3 is 2.52 bits per heavy atom. The SMILES string of the molecule is O=C(Cn1c(=O)[nH][nH]c1=O)N1CCO[C@@H](c2ccc(Cl)cc2)C1. The highest BCUT2D eigenvalue weighted by Crippen LogP contribution is 2.23. The molecule has 1 fully saturated rings. The number of hydrogen-bond donors (Lipinski definition) is 2. The molecule has 122 valence electrons. The predicted molar refractivity (Wildman–Crippen MR) is 82.4 cm³/mol. The molecule has 1 saturated heterocycles. The van der Waals surface area contributed by atoms with Crippen molar-refractivity contribution in [2.75, 3.05) is 19.7 Å². The van der Waals surface area contributed by atoms with E-state index in [0.717, 1.165) is 10.1 Å². The minimum Gasteiger partial charge on any atom is -0.370 e. The molecule has 3 rings (SSSR count). The molecule has 1 atom stereocenters. The van der Waals surface area contributed by atoms with Crippen LogP contribution < -0.4 is 11.4 Å². The number of benzene rings is 1. The van der Waals surface area contributed by atoms with Crippen LogP contribution in [-0.2, 0) is 16.1 Å². The lowest BCUT2D eigenvalue weighted by Crippen LogP contribution is -2.45. The quantitative estimate of drug-likeness (QED) is 0.830. The number of aromatic nitrogens is 3. The Kier molecular flexibility index (Phi) is 4.35. The Hall–Kier alpha value is -2.32. The second kappa shape index (κ2) is 6.43. The van der Waals surface area contributed by atoms with E-state index in [2.05, 4.69) is 10.2 Å². The van der Waals surface area contributed by atoms with Gasteiger partial charge in [-0.2, -0.15) is 0 Å². The molecule has 1 amide bonds. The number of rotatable bonds is 3. The molecule has 1 aliphatic rings. The van der Waals surface area contributed by atoms with E-state index in [-0.39, 0.29) is 18.6 Å². The zero-order valence-electron chi connectivity index (χ0n) is 12.1. The first-order chi connectivity index (χ1) is 11.0. The van der Waals surface area contributed by atoms with E-state index in [1.54, 1.807) is 17.0 Å². The van der Waals surface area contributed by atoms with Gasteiger partial charge in [-0.1, -0.05) is 23.7 Å². The molecule has 2 aromatic rings. The summed E-state index contributed by atoms with van der Waals surface area (Å²) in [5, 5.41) is 4.92. The molecule has 2 heterocycles. The van der Waals surface area contributed by atoms with Crippen molar-refractivity contribution < 1.29 is 9.53 Å². The Bertz CT molecular complexity index is 780. The first kappa shape index (κ1) is 15.6. The molecule has 0 saturated carbocycles. The zero-order valence-corrected chi connectivity index (χ0v) is 12.9. The fourth-order valence-electron chi connectivity index (χ4n) is 2.47. The fourth-order valence-corrected chi connectivity index (χ4v) is 2.59. The smallest absolute Gasteiger partial charge is 0.344 e. The number of carbonyl (C=O) groups excluding carboxylic acids is 1. The van der Waals surface area contributed by atoms with E-state index in [0.29, 0.717) is 24.7 Å². The van der Waals surface area contributed by atoms with Crippen molar-refractivity contribution in [3.63, 3.8) is 0 Å². The van der Waals surface area contributed by atoms with Crippen LogP contribution in [0.2, 0.25) is 5.02 Å². The Labute approximate surface area is 135 Å². The van der Waals surface area contributed by atoms with Gasteiger partial charge in [0, 0.05) is 11.6 Å². The van der Waals surface area contributed by atoms with Gasteiger partial charge in [0.25, 0.3) is 0 Å². The van der Waals surface area contributed by atoms with Crippen LogP contribution in [-0.4, -0.2) is 45.3 Å². The van der Waals surface area contributed by atoms with Crippen LogP contribution in [0.4, 0.5) is 0 Å². The van der Waals surface area contributed by atoms with E-state index in [1.165, 1.54) is 0 Å². The van der Waals surface area contributed by atoms with Gasteiger partial charge in [-0.25, -0.2) is 24.4 Å². The lowest BCUT2D eigenvalue weighted by Gasteiger charge is -2.33. The van der Waals surface area contributed by atoms with Crippen LogP contribution in [0.25, 0.3) is 0 Å². The van der Waals surface area contributed by atoms with Crippen LogP contribution >= 0.6 is 11.6 Å². The lowest BCUT2D eigenvalue weighted by atomic mass is 10.1. The Morgan fingerprint density at radius 1 is 1.22 bits per heavy atom. The highest BCUT2D eigenvalue weighted by atomic mass is 35.5. The van der Waals surface area contributed by atoms with Crippen molar-refractivity contribution in [2.45, 2.75) is 12.6 Å². The van der Waals surface area contributed by atoms with Gasteiger partial charge in [0.2, 0.25) is 5.91 Å². The van der Waals surface area contributed by atoms with Gasteiger partial charge in [-0.15, -0.1) is 0 Å². The summed E-state index contributed by atoms with van der Waals surface area (Å²) in [5.41, 5.74) is -0.347. The maximum Gasteiger partial charge on any atom is 0.344 e. The van der Waals surface area contributed by atoms with Gasteiger partial charge >= 0.3 is 11.4 Å². The molecule has 8 nitrogen and oxygen atoms in total. The summed E-state index contributed by atoms with van der Waals surface area (Å²) < 4.78 is 6.52. The highest BCUT2D eigenvalue weighted by molar-refractivity contribution is 6.30. The molecule has 1 aliphatic heterocycles. The Morgan fingerprint density at radius 2 is 1.87 bits per heavy atom. The van der Waals surface area contributed by atoms with Gasteiger partial charge in [-0.05, 0) is 17.7 Å². The third-order valence-electron chi connectivity index (χ3n) is 3.72. The summed E-state index contributed by atoms with van der Waals surface area (Å²) >= 11 is 5.87. The van der Waals surface area contributed by atoms with Gasteiger partial charge in [0.15, 0.2) is 0 Å². The maximum absolute atomic E-state index is 12.3. The number of nitrogens with zero attached hydrogens (tertiary/aromatic N) is 2. The van der Waals surface area contributed by atoms with Crippen molar-refractivity contribution in [3.8, 4) is 0 Å². The van der Waals surface area contributed by atoms with E-state index in [9.17, 15) is 14.4 Å². The standard InChI is InChI=1S/C14H15ClN4O4/c15-10-3-1-9(2-4-10)11-7-18(5-6-23-11)12(20)8-19-13(21)16-17-14(19)22/h1-4,11H,5-8H2,(H,16,21)(H,17,22)/t11-/m1/s1. The van der Waals surface area contributed by atoms with Crippen LogP contribution in [0.3, 0.4) is 0 Å². The summed E-state index contributed by atoms with van der Waals surface area (Å²) in [6, 6.07) is 7.23. The van der Waals surface area contributed by atoms with Crippen LogP contribution in [0.5, 0.6) is 0 Å². The van der Waals surface area contributed by atoms with Crippen molar-refractivity contribution in [3.05, 3.63) is 55.8 Å². The van der Waals surface area contributed by atoms with E-state index in [1.807, 2.05) is 12.1 Å². The molecule has 0 spiro atoms. The monoisotopic (exact) mass is 338 g/mol. The minimum atomic E-state index is -0.633. The summed E-state index contributed by atoms with van der Waals surface area (Å²) in [5.74, 6) is -0.306. The molecule has 0 unspecified atom stereocenters. The number of nitrogens with one attached hydrogen (secondary N) is 2. The molecular formula is C14H15ClN4O4. The average molecular weight is 339 g/mol. The largest absolute Gasteiger partial charge is 0.370 e. The third-order valence-corrected chi connectivity index (χ3v) is 3.97. The van der Waals surface area contributed by atoms with Gasteiger partial charge in [0.1, 0.15) is 12.6 Å². The topological polar surface area (TPSA) is 100 Å². The number of carbonyl (C=O) groups is 1. The van der Waals surface area contributed by atoms with Crippen molar-refractivity contribution in [2.24, 2.45) is 0 Å². The van der Waals surface area contributed by atoms with Crippen molar-refractivity contribution in [1.82, 2.24) is 19.7 Å². The summed E-state index contributed by atoms with van der Waals surface area (Å²) in [6.07, 6.45) is -0.258. The van der Waals surface area contributed by atoms with Gasteiger partial charge < -0.3 is 9.64 Å². The second-order valence-corrected chi connectivity index (χ2v) is 5.63. The molecule has 23 heavy (non-hydrogen) atoms. The third kappa shape index (κ3) is 3.38. The molecule has 1 aromatic heterocycles. The number of hydrogen-bond acceptors (Lipinski definition) is 4. The normalized spacial score (nSPS) is 18.1. The number of ether oxygens (including phenoxy) is 1. The lowest BCUT2D eigenvalue weighted by molar-refractivity contribution is -0.139. The summed E-state index contributed by atoms with van der Waals surface area (Å²) in [7, 11) is 0. The van der Waals surface area contributed by atoms with E-state index in [4.69, 9.17) is 16.3 Å². The summed E-state index contributed by atoms with van der Waals surface area (Å²) in [4.78, 5) is 36.8. The number of amides is 1. The molecule has 0 bridgehead atoms. The predicted octanol–water partition coefficient (Wildman–Crippen LogP) is 0.118. The first-order valence-corrected chi connectivity index (χ1v) is 7.45. The molecular weight excluding hydrogens is 324 g/mol. The summed E-state index contributed by atoms with van der Waals surface area (Å²) in [6.45, 7) is 0.861. The van der Waals surface area contributed by atoms with E-state index >= 15 is 0 Å². The molecule has 1 aromatic carbocycles. The zero-order chi connectivity index (χ0) is 16.4. The fraction of sp³-hybridized carbons (Fsp3) is 0.357. The van der Waals surface area contributed by atoms with Crippen LogP contribution in [0.15, 0.2) is 33.9 Å². The number of morpholine rings is 1. The minimum absolute atomic E-state index is 0.258. The highest BCUT2D eigenvalue weighted by Gasteiger charge is 2.26. The number of aromatic amines is 2. The van der Waals surface area contributed by atoms with Crippen molar-refractivity contribution >= 4 is 17.5 Å². The number of H-pyrrole nitrogens is 2. The molecule has 0 aliphatic carbocycles. The van der Waals surface area contributed by atoms with Crippen molar-refractivity contribution in [1.29, 1.82) is 0 Å². The Balaban J connectivity index is 1.70. The number of halogens is 1. The van der Waals surface area contributed by atoms with Gasteiger partial charge in [-0.3, -0.25) is 4.79 Å². The first-order valence-electron chi connectivity index (χ1n) is 7.07. The molecule has 0 radical (unpaired) electrons. The second-order valence-electron chi connectivity index (χ2n) is 5.20. The molecule has 9 heteroatoms. The maximum atomic E-state index is 12.3. The van der Waals surface area contributed by atoms with Crippen LogP contribution in [0, 0.1) is 0 Å². The molecule has 2 N–H and O–H groups in total. The average Bonchev–Trinajstić information content (AvgIpc) is 2.87. The van der Waals surface area contributed by atoms with Crippen LogP contribution in [0.1, 0.15) is 11.7 Å². The van der Waals surface area contributed by atoms with Gasteiger partial charge in [0.05, 0.1) is 13.2 Å².